The van der Waals surface area contributed by atoms with E-state index in [1.54, 1.807) is 18.5 Å². The van der Waals surface area contributed by atoms with Crippen molar-refractivity contribution in [1.82, 2.24) is 9.97 Å². The Hall–Kier alpha value is -0.860. The van der Waals surface area contributed by atoms with E-state index in [1.807, 2.05) is 6.07 Å². The number of nitrogens with zero attached hydrogens (tertiary/aromatic N) is 2. The third-order valence-electron chi connectivity index (χ3n) is 1.58. The van der Waals surface area contributed by atoms with Crippen molar-refractivity contribution >= 4 is 22.4 Å². The summed E-state index contributed by atoms with van der Waals surface area (Å²) in [5.74, 6) is 0. The van der Waals surface area contributed by atoms with Gasteiger partial charge in [-0.1, -0.05) is 11.6 Å². The Morgan fingerprint density at radius 1 is 1.33 bits per heavy atom. The lowest BCUT2D eigenvalue weighted by Crippen LogP contribution is -1.82. The van der Waals surface area contributed by atoms with E-state index < -0.39 is 0 Å². The van der Waals surface area contributed by atoms with Crippen LogP contribution in [0.2, 0.25) is 10.3 Å². The highest BCUT2D eigenvalue weighted by Crippen LogP contribution is 2.20. The first kappa shape index (κ1) is 7.77. The van der Waals surface area contributed by atoms with Gasteiger partial charge in [0.2, 0.25) is 0 Å². The number of hydrogen-bond acceptors (Lipinski definition) is 2. The topological polar surface area (TPSA) is 25.8 Å². The average molecular weight is 200 g/mol. The SMILES string of the molecule is Clc1nccc2cc([ClH+])ncc12. The van der Waals surface area contributed by atoms with Gasteiger partial charge in [0.15, 0.2) is 11.6 Å². The van der Waals surface area contributed by atoms with Gasteiger partial charge in [0.25, 0.3) is 0 Å². The number of fused-ring (bicyclic) bond motifs is 1. The molecule has 0 unspecified atom stereocenters. The zero-order valence-electron chi connectivity index (χ0n) is 5.99. The van der Waals surface area contributed by atoms with Crippen LogP contribution in [0.4, 0.5) is 0 Å². The first-order valence-electron chi connectivity index (χ1n) is 3.34. The summed E-state index contributed by atoms with van der Waals surface area (Å²) >= 11 is 10.7. The lowest BCUT2D eigenvalue weighted by atomic mass is 10.2. The van der Waals surface area contributed by atoms with E-state index in [-0.39, 0.29) is 0 Å². The molecule has 60 valence electrons. The molecule has 0 amide bonds. The number of aromatic nitrogens is 2. The fraction of sp³-hybridized carbons (Fsp3) is 0. The summed E-state index contributed by atoms with van der Waals surface area (Å²) in [6.07, 6.45) is 3.30. The molecule has 0 fully saturated rings. The zero-order chi connectivity index (χ0) is 8.55. The maximum atomic E-state index is 5.82. The summed E-state index contributed by atoms with van der Waals surface area (Å²) in [6, 6.07) is 3.66. The quantitative estimate of drug-likeness (QED) is 0.607. The van der Waals surface area contributed by atoms with Crippen molar-refractivity contribution in [1.29, 1.82) is 0 Å². The molecule has 2 rings (SSSR count). The lowest BCUT2D eigenvalue weighted by Gasteiger charge is -1.95. The molecule has 4 heteroatoms. The molecule has 0 spiro atoms. The molecule has 0 saturated heterocycles. The number of rotatable bonds is 0. The molecule has 0 aliphatic heterocycles. The normalized spacial score (nSPS) is 10.5. The highest BCUT2D eigenvalue weighted by Gasteiger charge is 2.03. The van der Waals surface area contributed by atoms with Crippen LogP contribution in [-0.4, -0.2) is 9.97 Å². The Balaban J connectivity index is 2.86. The Labute approximate surface area is 79.2 Å². The van der Waals surface area contributed by atoms with Gasteiger partial charge in [-0.2, -0.15) is 0 Å². The molecule has 2 aromatic rings. The van der Waals surface area contributed by atoms with E-state index >= 15 is 0 Å². The molecule has 0 N–H and O–H groups in total. The first-order valence-corrected chi connectivity index (χ1v) is 4.13. The summed E-state index contributed by atoms with van der Waals surface area (Å²) in [6.45, 7) is 0. The molecule has 0 saturated carbocycles. The van der Waals surface area contributed by atoms with E-state index in [1.165, 1.54) is 0 Å². The number of halogens is 2. The molecule has 0 radical (unpaired) electrons. The molecule has 0 atom stereocenters. The standard InChI is InChI=1S/C8H5Cl2N2/c9-7-3-5-1-2-11-8(10)6(5)4-12-7/h1-4,9H/q+1. The number of pyridine rings is 2. The van der Waals surface area contributed by atoms with Crippen LogP contribution in [0.25, 0.3) is 10.8 Å². The van der Waals surface area contributed by atoms with Crippen LogP contribution in [0.3, 0.4) is 0 Å². The smallest absolute Gasteiger partial charge is 0.244 e. The monoisotopic (exact) mass is 199 g/mol. The second-order valence-corrected chi connectivity index (χ2v) is 3.12. The molecular formula is C8H5Cl2N2+. The summed E-state index contributed by atoms with van der Waals surface area (Å²) in [4.78, 5) is 7.89. The summed E-state index contributed by atoms with van der Waals surface area (Å²) in [5, 5.41) is 2.86. The van der Waals surface area contributed by atoms with Crippen molar-refractivity contribution in [2.24, 2.45) is 0 Å². The molecule has 0 aliphatic carbocycles. The minimum Gasteiger partial charge on any atom is -0.244 e. The highest BCUT2D eigenvalue weighted by atomic mass is 35.5. The van der Waals surface area contributed by atoms with Crippen LogP contribution in [0.1, 0.15) is 0 Å². The van der Waals surface area contributed by atoms with Gasteiger partial charge in [-0.15, -0.1) is 0 Å². The van der Waals surface area contributed by atoms with E-state index in [0.717, 1.165) is 10.8 Å². The van der Waals surface area contributed by atoms with Crippen molar-refractivity contribution in [3.05, 3.63) is 34.8 Å². The lowest BCUT2D eigenvalue weighted by molar-refractivity contribution is -0.296. The van der Waals surface area contributed by atoms with Crippen molar-refractivity contribution in [2.75, 3.05) is 0 Å². The van der Waals surface area contributed by atoms with Crippen LogP contribution >= 0.6 is 11.6 Å². The van der Waals surface area contributed by atoms with E-state index in [2.05, 4.69) is 9.97 Å². The summed E-state index contributed by atoms with van der Waals surface area (Å²) in [5.41, 5.74) is 0. The third-order valence-corrected chi connectivity index (χ3v) is 2.10. The van der Waals surface area contributed by atoms with Crippen LogP contribution in [0.5, 0.6) is 0 Å². The summed E-state index contributed by atoms with van der Waals surface area (Å²) < 4.78 is 0. The number of hydrogen-bond donors (Lipinski definition) is 0. The van der Waals surface area contributed by atoms with Gasteiger partial charge in [0.05, 0.1) is 0 Å². The van der Waals surface area contributed by atoms with Crippen LogP contribution in [-0.2, 0) is 0 Å². The van der Waals surface area contributed by atoms with Crippen LogP contribution in [0.15, 0.2) is 24.5 Å². The Morgan fingerprint density at radius 3 is 3.00 bits per heavy atom. The Morgan fingerprint density at radius 2 is 2.17 bits per heavy atom. The second kappa shape index (κ2) is 2.88. The van der Waals surface area contributed by atoms with Gasteiger partial charge >= 0.3 is 5.15 Å². The maximum absolute atomic E-state index is 5.82. The molecular weight excluding hydrogens is 195 g/mol. The predicted molar refractivity (Wildman–Crippen MR) is 45.1 cm³/mol. The first-order chi connectivity index (χ1) is 5.77. The van der Waals surface area contributed by atoms with E-state index in [4.69, 9.17) is 23.2 Å². The predicted octanol–water partition coefficient (Wildman–Crippen LogP) is 1.98. The molecule has 12 heavy (non-hydrogen) atoms. The highest BCUT2D eigenvalue weighted by molar-refractivity contribution is 6.34. The van der Waals surface area contributed by atoms with Gasteiger partial charge in [-0.05, 0) is 11.5 Å². The zero-order valence-corrected chi connectivity index (χ0v) is 7.56. The molecule has 2 aromatic heterocycles. The van der Waals surface area contributed by atoms with Gasteiger partial charge in [0, 0.05) is 23.8 Å². The minimum atomic E-state index is 0.468. The summed E-state index contributed by atoms with van der Waals surface area (Å²) in [7, 11) is 0. The molecule has 0 aliphatic rings. The Kier molecular flexibility index (Phi) is 1.87. The third kappa shape index (κ3) is 1.24. The molecule has 2 nitrogen and oxygen atoms in total. The van der Waals surface area contributed by atoms with Gasteiger partial charge in [-0.25, -0.2) is 9.97 Å². The largest absolute Gasteiger partial charge is 0.318 e. The van der Waals surface area contributed by atoms with Crippen LogP contribution < -0.4 is 0 Å². The minimum absolute atomic E-state index is 0.468. The van der Waals surface area contributed by atoms with E-state index in [9.17, 15) is 0 Å². The molecule has 0 aromatic carbocycles. The molecule has 0 bridgehead atoms. The van der Waals surface area contributed by atoms with Gasteiger partial charge < -0.3 is 0 Å². The van der Waals surface area contributed by atoms with Crippen LogP contribution in [0, 0.1) is 11.6 Å². The van der Waals surface area contributed by atoms with Crippen molar-refractivity contribution in [3.8, 4) is 0 Å². The van der Waals surface area contributed by atoms with Gasteiger partial charge in [0.1, 0.15) is 5.15 Å². The Bertz CT molecular complexity index is 428. The fourth-order valence-electron chi connectivity index (χ4n) is 1.01. The van der Waals surface area contributed by atoms with Crippen molar-refractivity contribution in [3.63, 3.8) is 0 Å². The molecule has 2 heterocycles. The average Bonchev–Trinajstić information content (AvgIpc) is 2.04. The fourth-order valence-corrected chi connectivity index (χ4v) is 1.41. The second-order valence-electron chi connectivity index (χ2n) is 2.35. The maximum Gasteiger partial charge on any atom is 0.318 e. The van der Waals surface area contributed by atoms with Crippen molar-refractivity contribution in [2.45, 2.75) is 0 Å². The van der Waals surface area contributed by atoms with E-state index in [0.29, 0.717) is 10.3 Å². The van der Waals surface area contributed by atoms with Gasteiger partial charge in [-0.3, -0.25) is 0 Å². The van der Waals surface area contributed by atoms with Crippen molar-refractivity contribution < 1.29 is 11.6 Å².